The van der Waals surface area contributed by atoms with Crippen LogP contribution in [0.15, 0.2) is 0 Å². The number of Topliss-reactive ketones (excluding diaryl/α,β-unsaturated/α-hetero) is 1. The van der Waals surface area contributed by atoms with E-state index in [-0.39, 0.29) is 30.3 Å². The monoisotopic (exact) mass is 296 g/mol. The Bertz CT molecular complexity index is 337. The lowest BCUT2D eigenvalue weighted by molar-refractivity contribution is -0.175. The van der Waals surface area contributed by atoms with E-state index < -0.39 is 12.8 Å². The Morgan fingerprint density at radius 3 is 2.80 bits per heavy atom. The Morgan fingerprint density at radius 2 is 2.15 bits per heavy atom. The van der Waals surface area contributed by atoms with Crippen molar-refractivity contribution < 1.29 is 32.2 Å². The number of halogens is 3. The van der Waals surface area contributed by atoms with E-state index in [1.165, 1.54) is 0 Å². The molecule has 116 valence electrons. The summed E-state index contributed by atoms with van der Waals surface area (Å²) in [6.07, 6.45) is -2.31. The summed E-state index contributed by atoms with van der Waals surface area (Å²) >= 11 is 0. The zero-order valence-corrected chi connectivity index (χ0v) is 11.2. The molecule has 2 atom stereocenters. The number of ketones is 1. The van der Waals surface area contributed by atoms with Crippen LogP contribution in [0, 0.1) is 5.92 Å². The summed E-state index contributed by atoms with van der Waals surface area (Å²) in [5, 5.41) is 0. The number of alkyl halides is 3. The van der Waals surface area contributed by atoms with Crippen LogP contribution in [-0.4, -0.2) is 50.6 Å². The van der Waals surface area contributed by atoms with Crippen LogP contribution in [0.2, 0.25) is 0 Å². The van der Waals surface area contributed by atoms with Gasteiger partial charge in [0.05, 0.1) is 18.8 Å². The number of carbonyl (C=O) groups excluding carboxylic acids is 1. The zero-order valence-electron chi connectivity index (χ0n) is 11.2. The average Bonchev–Trinajstić information content (AvgIpc) is 2.81. The van der Waals surface area contributed by atoms with Gasteiger partial charge in [0.15, 0.2) is 0 Å². The molecule has 2 unspecified atom stereocenters. The second-order valence-corrected chi connectivity index (χ2v) is 5.41. The molecule has 0 saturated carbocycles. The summed E-state index contributed by atoms with van der Waals surface area (Å²) in [7, 11) is 0. The summed E-state index contributed by atoms with van der Waals surface area (Å²) < 4.78 is 51.2. The van der Waals surface area contributed by atoms with Gasteiger partial charge in [-0.15, -0.1) is 0 Å². The van der Waals surface area contributed by atoms with Crippen LogP contribution in [0.1, 0.15) is 25.7 Å². The lowest BCUT2D eigenvalue weighted by Gasteiger charge is -2.36. The molecular weight excluding hydrogens is 277 g/mol. The summed E-state index contributed by atoms with van der Waals surface area (Å²) in [5.74, 6) is -0.193. The van der Waals surface area contributed by atoms with Crippen molar-refractivity contribution in [2.45, 2.75) is 37.5 Å². The third kappa shape index (κ3) is 4.43. The largest absolute Gasteiger partial charge is 0.411 e. The predicted octanol–water partition coefficient (Wildman–Crippen LogP) is 2.11. The quantitative estimate of drug-likeness (QED) is 0.729. The van der Waals surface area contributed by atoms with Gasteiger partial charge in [-0.2, -0.15) is 13.2 Å². The van der Waals surface area contributed by atoms with Gasteiger partial charge >= 0.3 is 6.18 Å². The minimum Gasteiger partial charge on any atom is -0.378 e. The molecule has 0 amide bonds. The molecule has 0 aromatic rings. The van der Waals surface area contributed by atoms with E-state index in [2.05, 4.69) is 4.74 Å². The summed E-state index contributed by atoms with van der Waals surface area (Å²) in [4.78, 5) is 12.0. The maximum absolute atomic E-state index is 12.0. The standard InChI is InChI=1S/C13H19F3O4/c14-13(15,16)9-18-4-2-11(17)10-1-5-20-12(7-10)3-6-19-8-12/h10H,1-9H2. The molecule has 2 rings (SSSR count). The topological polar surface area (TPSA) is 44.8 Å². The van der Waals surface area contributed by atoms with Gasteiger partial charge in [-0.3, -0.25) is 4.79 Å². The first-order chi connectivity index (χ1) is 9.40. The molecule has 0 aliphatic carbocycles. The van der Waals surface area contributed by atoms with Crippen molar-refractivity contribution in [3.63, 3.8) is 0 Å². The second kappa shape index (κ2) is 6.41. The minimum atomic E-state index is -4.34. The van der Waals surface area contributed by atoms with E-state index in [0.29, 0.717) is 32.7 Å². The van der Waals surface area contributed by atoms with Crippen LogP contribution in [-0.2, 0) is 19.0 Å². The molecule has 2 fully saturated rings. The van der Waals surface area contributed by atoms with Crippen molar-refractivity contribution in [1.82, 2.24) is 0 Å². The molecule has 0 aromatic carbocycles. The fourth-order valence-electron chi connectivity index (χ4n) is 2.73. The Hall–Kier alpha value is -0.660. The van der Waals surface area contributed by atoms with Gasteiger partial charge in [0.25, 0.3) is 0 Å². The van der Waals surface area contributed by atoms with E-state index in [1.54, 1.807) is 0 Å². The molecular formula is C13H19F3O4. The fraction of sp³-hybridized carbons (Fsp3) is 0.923. The zero-order chi connectivity index (χ0) is 14.6. The van der Waals surface area contributed by atoms with Crippen LogP contribution in [0.3, 0.4) is 0 Å². The average molecular weight is 296 g/mol. The number of ether oxygens (including phenoxy) is 3. The Balaban J connectivity index is 1.72. The minimum absolute atomic E-state index is 0.0255. The molecule has 0 radical (unpaired) electrons. The molecule has 2 aliphatic rings. The molecule has 1 spiro atoms. The highest BCUT2D eigenvalue weighted by Gasteiger charge is 2.42. The third-order valence-electron chi connectivity index (χ3n) is 3.77. The van der Waals surface area contributed by atoms with E-state index in [0.717, 1.165) is 6.42 Å². The summed E-state index contributed by atoms with van der Waals surface area (Å²) in [6.45, 7) is 0.158. The number of carbonyl (C=O) groups is 1. The van der Waals surface area contributed by atoms with Crippen molar-refractivity contribution in [2.24, 2.45) is 5.92 Å². The maximum Gasteiger partial charge on any atom is 0.411 e. The molecule has 2 aliphatic heterocycles. The van der Waals surface area contributed by atoms with Crippen molar-refractivity contribution in [1.29, 1.82) is 0 Å². The summed E-state index contributed by atoms with van der Waals surface area (Å²) in [6, 6.07) is 0. The molecule has 7 heteroatoms. The lowest BCUT2D eigenvalue weighted by atomic mass is 9.82. The number of hydrogen-bond donors (Lipinski definition) is 0. The van der Waals surface area contributed by atoms with Gasteiger partial charge in [-0.1, -0.05) is 0 Å². The number of rotatable bonds is 5. The van der Waals surface area contributed by atoms with Gasteiger partial charge in [0, 0.05) is 32.0 Å². The van der Waals surface area contributed by atoms with Gasteiger partial charge in [0.1, 0.15) is 12.4 Å². The summed E-state index contributed by atoms with van der Waals surface area (Å²) in [5.41, 5.74) is -0.356. The first-order valence-electron chi connectivity index (χ1n) is 6.79. The van der Waals surface area contributed by atoms with Gasteiger partial charge < -0.3 is 14.2 Å². The van der Waals surface area contributed by atoms with Crippen LogP contribution >= 0.6 is 0 Å². The Labute approximate surface area is 115 Å². The molecule has 0 bridgehead atoms. The van der Waals surface area contributed by atoms with Crippen LogP contribution in [0.25, 0.3) is 0 Å². The van der Waals surface area contributed by atoms with Crippen LogP contribution < -0.4 is 0 Å². The maximum atomic E-state index is 12.0. The highest BCUT2D eigenvalue weighted by Crippen LogP contribution is 2.36. The van der Waals surface area contributed by atoms with Gasteiger partial charge in [-0.05, 0) is 12.8 Å². The fourth-order valence-corrected chi connectivity index (χ4v) is 2.73. The molecule has 2 heterocycles. The van der Waals surface area contributed by atoms with E-state index in [1.807, 2.05) is 0 Å². The van der Waals surface area contributed by atoms with Gasteiger partial charge in [-0.25, -0.2) is 0 Å². The van der Waals surface area contributed by atoms with E-state index in [9.17, 15) is 18.0 Å². The predicted molar refractivity (Wildman–Crippen MR) is 63.3 cm³/mol. The van der Waals surface area contributed by atoms with Crippen molar-refractivity contribution >= 4 is 5.78 Å². The smallest absolute Gasteiger partial charge is 0.378 e. The van der Waals surface area contributed by atoms with Crippen molar-refractivity contribution in [2.75, 3.05) is 33.0 Å². The Kier molecular flexibility index (Phi) is 5.04. The normalized spacial score (nSPS) is 30.9. The van der Waals surface area contributed by atoms with Crippen LogP contribution in [0.4, 0.5) is 13.2 Å². The first kappa shape index (κ1) is 15.7. The van der Waals surface area contributed by atoms with Crippen LogP contribution in [0.5, 0.6) is 0 Å². The third-order valence-corrected chi connectivity index (χ3v) is 3.77. The van der Waals surface area contributed by atoms with E-state index >= 15 is 0 Å². The number of hydrogen-bond acceptors (Lipinski definition) is 4. The SMILES string of the molecule is O=C(CCOCC(F)(F)F)C1CCOC2(CCOC2)C1. The lowest BCUT2D eigenvalue weighted by Crippen LogP contribution is -2.42. The highest BCUT2D eigenvalue weighted by molar-refractivity contribution is 5.81. The molecule has 0 aromatic heterocycles. The van der Waals surface area contributed by atoms with Crippen molar-refractivity contribution in [3.05, 3.63) is 0 Å². The molecule has 20 heavy (non-hydrogen) atoms. The molecule has 0 N–H and O–H groups in total. The molecule has 4 nitrogen and oxygen atoms in total. The van der Waals surface area contributed by atoms with E-state index in [4.69, 9.17) is 9.47 Å². The Morgan fingerprint density at radius 1 is 1.35 bits per heavy atom. The van der Waals surface area contributed by atoms with Crippen molar-refractivity contribution in [3.8, 4) is 0 Å². The molecule has 2 saturated heterocycles. The highest BCUT2D eigenvalue weighted by atomic mass is 19.4. The first-order valence-corrected chi connectivity index (χ1v) is 6.79. The second-order valence-electron chi connectivity index (χ2n) is 5.41. The van der Waals surface area contributed by atoms with Gasteiger partial charge in [0.2, 0.25) is 0 Å².